The summed E-state index contributed by atoms with van der Waals surface area (Å²) in [6, 6.07) is 5.50. The van der Waals surface area contributed by atoms with Crippen molar-refractivity contribution in [2.45, 2.75) is 18.9 Å². The Bertz CT molecular complexity index is 425. The van der Waals surface area contributed by atoms with Gasteiger partial charge in [0, 0.05) is 26.7 Å². The van der Waals surface area contributed by atoms with Gasteiger partial charge in [0.1, 0.15) is 5.75 Å². The van der Waals surface area contributed by atoms with E-state index in [1.165, 1.54) is 0 Å². The zero-order valence-corrected chi connectivity index (χ0v) is 10.5. The first-order valence-electron chi connectivity index (χ1n) is 5.82. The maximum Gasteiger partial charge on any atom is 0.253 e. The van der Waals surface area contributed by atoms with E-state index in [9.17, 15) is 4.79 Å². The molecule has 4 heteroatoms. The van der Waals surface area contributed by atoms with Crippen molar-refractivity contribution in [3.8, 4) is 5.75 Å². The third-order valence-corrected chi connectivity index (χ3v) is 2.72. The molecule has 0 saturated heterocycles. The first kappa shape index (κ1) is 11.8. The Balaban J connectivity index is 2.23. The maximum atomic E-state index is 11.8. The molecule has 0 radical (unpaired) electrons. The second-order valence-corrected chi connectivity index (χ2v) is 4.48. The molecule has 0 aliphatic heterocycles. The van der Waals surface area contributed by atoms with Gasteiger partial charge in [-0.05, 0) is 31.0 Å². The van der Waals surface area contributed by atoms with E-state index < -0.39 is 0 Å². The Morgan fingerprint density at radius 2 is 2.12 bits per heavy atom. The number of anilines is 1. The van der Waals surface area contributed by atoms with Gasteiger partial charge in [-0.2, -0.15) is 0 Å². The smallest absolute Gasteiger partial charge is 0.253 e. The topological polar surface area (TPSA) is 41.6 Å². The van der Waals surface area contributed by atoms with E-state index in [2.05, 4.69) is 5.32 Å². The van der Waals surface area contributed by atoms with Gasteiger partial charge in [-0.1, -0.05) is 0 Å². The molecule has 1 aliphatic carbocycles. The highest BCUT2D eigenvalue weighted by atomic mass is 16.5. The summed E-state index contributed by atoms with van der Waals surface area (Å²) in [5.41, 5.74) is 1.53. The highest BCUT2D eigenvalue weighted by molar-refractivity contribution is 5.95. The zero-order valence-electron chi connectivity index (χ0n) is 10.5. The van der Waals surface area contributed by atoms with E-state index in [4.69, 9.17) is 4.74 Å². The van der Waals surface area contributed by atoms with Gasteiger partial charge in [0.25, 0.3) is 5.91 Å². The minimum absolute atomic E-state index is 0.000489. The lowest BCUT2D eigenvalue weighted by molar-refractivity contribution is 0.0827. The number of ether oxygens (including phenoxy) is 1. The molecule has 1 aromatic carbocycles. The molecule has 2 rings (SSSR count). The molecule has 1 fully saturated rings. The number of hydrogen-bond acceptors (Lipinski definition) is 3. The summed E-state index contributed by atoms with van der Waals surface area (Å²) in [6.45, 7) is 0. The Morgan fingerprint density at radius 1 is 1.41 bits per heavy atom. The van der Waals surface area contributed by atoms with E-state index in [1.807, 2.05) is 19.2 Å². The highest BCUT2D eigenvalue weighted by Gasteiger charge is 2.24. The second kappa shape index (κ2) is 4.65. The second-order valence-electron chi connectivity index (χ2n) is 4.48. The van der Waals surface area contributed by atoms with Crippen molar-refractivity contribution in [1.29, 1.82) is 0 Å². The number of benzene rings is 1. The van der Waals surface area contributed by atoms with Crippen LogP contribution >= 0.6 is 0 Å². The summed E-state index contributed by atoms with van der Waals surface area (Å²) in [5, 5.41) is 3.07. The third-order valence-electron chi connectivity index (χ3n) is 2.72. The van der Waals surface area contributed by atoms with Crippen molar-refractivity contribution in [2.24, 2.45) is 0 Å². The Kier molecular flexibility index (Phi) is 3.22. The lowest BCUT2D eigenvalue weighted by Crippen LogP contribution is -2.21. The molecule has 0 unspecified atom stereocenters. The molecule has 0 heterocycles. The molecular formula is C13H18N2O2. The minimum atomic E-state index is -0.000489. The van der Waals surface area contributed by atoms with Crippen LogP contribution in [0.25, 0.3) is 0 Å². The van der Waals surface area contributed by atoms with E-state index in [1.54, 1.807) is 25.1 Å². The van der Waals surface area contributed by atoms with Crippen LogP contribution in [0.5, 0.6) is 5.75 Å². The summed E-state index contributed by atoms with van der Waals surface area (Å²) in [6.07, 6.45) is 2.61. The van der Waals surface area contributed by atoms with Crippen LogP contribution in [0, 0.1) is 0 Å². The molecule has 1 N–H and O–H groups in total. The molecule has 1 aliphatic rings. The van der Waals surface area contributed by atoms with Crippen LogP contribution in [-0.2, 0) is 0 Å². The van der Waals surface area contributed by atoms with Crippen molar-refractivity contribution < 1.29 is 9.53 Å². The standard InChI is InChI=1S/C13H18N2O2/c1-14-11-8-9(13(16)15(2)3)4-7-12(11)17-10-5-6-10/h4,7-8,10,14H,5-6H2,1-3H3. The Labute approximate surface area is 102 Å². The minimum Gasteiger partial charge on any atom is -0.488 e. The quantitative estimate of drug-likeness (QED) is 0.866. The van der Waals surface area contributed by atoms with E-state index in [0.717, 1.165) is 24.3 Å². The Morgan fingerprint density at radius 3 is 2.65 bits per heavy atom. The number of rotatable bonds is 4. The van der Waals surface area contributed by atoms with Crippen LogP contribution in [0.1, 0.15) is 23.2 Å². The zero-order chi connectivity index (χ0) is 12.4. The van der Waals surface area contributed by atoms with Crippen molar-refractivity contribution in [2.75, 3.05) is 26.5 Å². The van der Waals surface area contributed by atoms with Crippen LogP contribution in [0.15, 0.2) is 18.2 Å². The first-order chi connectivity index (χ1) is 8.11. The molecule has 0 aromatic heterocycles. The number of carbonyl (C=O) groups is 1. The number of hydrogen-bond donors (Lipinski definition) is 1. The molecule has 17 heavy (non-hydrogen) atoms. The van der Waals surface area contributed by atoms with Crippen LogP contribution in [0.4, 0.5) is 5.69 Å². The number of nitrogens with one attached hydrogen (secondary N) is 1. The van der Waals surface area contributed by atoms with Gasteiger partial charge >= 0.3 is 0 Å². The van der Waals surface area contributed by atoms with Gasteiger partial charge in [0.15, 0.2) is 0 Å². The summed E-state index contributed by atoms with van der Waals surface area (Å²) in [5.74, 6) is 0.824. The van der Waals surface area contributed by atoms with Crippen LogP contribution in [-0.4, -0.2) is 38.1 Å². The van der Waals surface area contributed by atoms with Gasteiger partial charge < -0.3 is 15.0 Å². The molecule has 92 valence electrons. The van der Waals surface area contributed by atoms with Crippen molar-refractivity contribution in [1.82, 2.24) is 4.90 Å². The summed E-state index contributed by atoms with van der Waals surface area (Å²) < 4.78 is 5.76. The predicted octanol–water partition coefficient (Wildman–Crippen LogP) is 1.97. The van der Waals surface area contributed by atoms with Gasteiger partial charge in [-0.3, -0.25) is 4.79 Å². The normalized spacial score (nSPS) is 14.3. The van der Waals surface area contributed by atoms with Crippen LogP contribution in [0.3, 0.4) is 0 Å². The lowest BCUT2D eigenvalue weighted by atomic mass is 10.1. The van der Waals surface area contributed by atoms with Crippen molar-refractivity contribution in [3.05, 3.63) is 23.8 Å². The molecule has 4 nitrogen and oxygen atoms in total. The fraction of sp³-hybridized carbons (Fsp3) is 0.462. The highest BCUT2D eigenvalue weighted by Crippen LogP contribution is 2.32. The van der Waals surface area contributed by atoms with Crippen molar-refractivity contribution in [3.63, 3.8) is 0 Å². The first-order valence-corrected chi connectivity index (χ1v) is 5.82. The summed E-state index contributed by atoms with van der Waals surface area (Å²) in [4.78, 5) is 13.4. The maximum absolute atomic E-state index is 11.8. The molecule has 1 saturated carbocycles. The van der Waals surface area contributed by atoms with Gasteiger partial charge in [0.05, 0.1) is 11.8 Å². The summed E-state index contributed by atoms with van der Waals surface area (Å²) in [7, 11) is 5.32. The monoisotopic (exact) mass is 234 g/mol. The van der Waals surface area contributed by atoms with Crippen LogP contribution < -0.4 is 10.1 Å². The number of nitrogens with zero attached hydrogens (tertiary/aromatic N) is 1. The SMILES string of the molecule is CNc1cc(C(=O)N(C)C)ccc1OC1CC1. The largest absolute Gasteiger partial charge is 0.488 e. The fourth-order valence-electron chi connectivity index (χ4n) is 1.58. The van der Waals surface area contributed by atoms with Gasteiger partial charge in [0.2, 0.25) is 0 Å². The molecule has 1 amide bonds. The Hall–Kier alpha value is -1.71. The van der Waals surface area contributed by atoms with Gasteiger partial charge in [-0.25, -0.2) is 0 Å². The average molecular weight is 234 g/mol. The van der Waals surface area contributed by atoms with E-state index in [0.29, 0.717) is 11.7 Å². The lowest BCUT2D eigenvalue weighted by Gasteiger charge is -2.14. The van der Waals surface area contributed by atoms with Crippen LogP contribution in [0.2, 0.25) is 0 Å². The average Bonchev–Trinajstić information content (AvgIpc) is 3.12. The molecule has 0 spiro atoms. The van der Waals surface area contributed by atoms with E-state index >= 15 is 0 Å². The molecule has 1 aromatic rings. The third kappa shape index (κ3) is 2.70. The predicted molar refractivity (Wildman–Crippen MR) is 67.7 cm³/mol. The fourth-order valence-corrected chi connectivity index (χ4v) is 1.58. The number of carbonyl (C=O) groups excluding carboxylic acids is 1. The number of amides is 1. The van der Waals surface area contributed by atoms with Crippen molar-refractivity contribution >= 4 is 11.6 Å². The summed E-state index contributed by atoms with van der Waals surface area (Å²) >= 11 is 0. The molecular weight excluding hydrogens is 216 g/mol. The van der Waals surface area contributed by atoms with Gasteiger partial charge in [-0.15, -0.1) is 0 Å². The van der Waals surface area contributed by atoms with E-state index in [-0.39, 0.29) is 5.91 Å². The molecule has 0 atom stereocenters. The molecule has 0 bridgehead atoms.